The summed E-state index contributed by atoms with van der Waals surface area (Å²) in [6.07, 6.45) is 0. The number of nitrogens with zero attached hydrogens (tertiary/aromatic N) is 1. The largest absolute Gasteiger partial charge is 0.497 e. The summed E-state index contributed by atoms with van der Waals surface area (Å²) in [5.74, 6) is 0.216. The SMILES string of the molecule is COC(=O)C(=Nc1ccc(OC)cc1)c1ccc(Cl)cc1. The molecular weight excluding hydrogens is 290 g/mol. The number of methoxy groups -OCH3 is 2. The number of hydrogen-bond acceptors (Lipinski definition) is 4. The quantitative estimate of drug-likeness (QED) is 0.640. The molecule has 0 aromatic heterocycles. The Morgan fingerprint density at radius 3 is 2.14 bits per heavy atom. The van der Waals surface area contributed by atoms with Crippen molar-refractivity contribution >= 4 is 29.0 Å². The summed E-state index contributed by atoms with van der Waals surface area (Å²) in [5, 5.41) is 0.590. The van der Waals surface area contributed by atoms with Gasteiger partial charge < -0.3 is 9.47 Å². The van der Waals surface area contributed by atoms with Crippen molar-refractivity contribution in [3.05, 3.63) is 59.1 Å². The molecule has 0 aliphatic carbocycles. The fourth-order valence-electron chi connectivity index (χ4n) is 1.72. The van der Waals surface area contributed by atoms with E-state index in [9.17, 15) is 4.79 Å². The summed E-state index contributed by atoms with van der Waals surface area (Å²) >= 11 is 5.85. The molecule has 0 atom stereocenters. The van der Waals surface area contributed by atoms with Crippen molar-refractivity contribution in [2.75, 3.05) is 14.2 Å². The van der Waals surface area contributed by atoms with Crippen molar-refractivity contribution < 1.29 is 14.3 Å². The maximum absolute atomic E-state index is 11.9. The fraction of sp³-hybridized carbons (Fsp3) is 0.125. The molecule has 0 unspecified atom stereocenters. The minimum absolute atomic E-state index is 0.222. The molecule has 0 spiro atoms. The van der Waals surface area contributed by atoms with E-state index in [-0.39, 0.29) is 5.71 Å². The van der Waals surface area contributed by atoms with Gasteiger partial charge in [0.1, 0.15) is 5.75 Å². The smallest absolute Gasteiger partial charge is 0.357 e. The van der Waals surface area contributed by atoms with Gasteiger partial charge in [-0.2, -0.15) is 0 Å². The molecule has 108 valence electrons. The van der Waals surface area contributed by atoms with Crippen LogP contribution in [0.15, 0.2) is 53.5 Å². The summed E-state index contributed by atoms with van der Waals surface area (Å²) in [5.41, 5.74) is 1.49. The number of halogens is 1. The standard InChI is InChI=1S/C16H14ClNO3/c1-20-14-9-7-13(8-10-14)18-15(16(19)21-2)11-3-5-12(17)6-4-11/h3-10H,1-2H3. The van der Waals surface area contributed by atoms with E-state index in [0.29, 0.717) is 16.3 Å². The van der Waals surface area contributed by atoms with E-state index < -0.39 is 5.97 Å². The summed E-state index contributed by atoms with van der Waals surface area (Å²) in [6.45, 7) is 0. The molecule has 2 rings (SSSR count). The van der Waals surface area contributed by atoms with Gasteiger partial charge in [-0.05, 0) is 36.4 Å². The van der Waals surface area contributed by atoms with Crippen LogP contribution in [-0.2, 0) is 9.53 Å². The van der Waals surface area contributed by atoms with Crippen LogP contribution in [0.1, 0.15) is 5.56 Å². The molecule has 0 amide bonds. The molecule has 5 heteroatoms. The van der Waals surface area contributed by atoms with Crippen molar-refractivity contribution in [1.29, 1.82) is 0 Å². The highest BCUT2D eigenvalue weighted by Crippen LogP contribution is 2.20. The topological polar surface area (TPSA) is 47.9 Å². The lowest BCUT2D eigenvalue weighted by atomic mass is 10.1. The molecule has 2 aromatic carbocycles. The van der Waals surface area contributed by atoms with E-state index in [4.69, 9.17) is 21.1 Å². The Balaban J connectivity index is 2.41. The second-order valence-electron chi connectivity index (χ2n) is 4.16. The minimum atomic E-state index is -0.506. The first-order chi connectivity index (χ1) is 10.1. The monoisotopic (exact) mass is 303 g/mol. The van der Waals surface area contributed by atoms with Crippen LogP contribution in [-0.4, -0.2) is 25.9 Å². The highest BCUT2D eigenvalue weighted by molar-refractivity contribution is 6.43. The second-order valence-corrected chi connectivity index (χ2v) is 4.59. The maximum atomic E-state index is 11.9. The summed E-state index contributed by atoms with van der Waals surface area (Å²) in [7, 11) is 2.91. The Morgan fingerprint density at radius 1 is 1.00 bits per heavy atom. The van der Waals surface area contributed by atoms with Crippen LogP contribution in [0.25, 0.3) is 0 Å². The van der Waals surface area contributed by atoms with Gasteiger partial charge in [-0.3, -0.25) is 0 Å². The molecule has 0 aliphatic heterocycles. The van der Waals surface area contributed by atoms with E-state index >= 15 is 0 Å². The van der Waals surface area contributed by atoms with Gasteiger partial charge in [-0.25, -0.2) is 9.79 Å². The number of rotatable bonds is 4. The van der Waals surface area contributed by atoms with Gasteiger partial charge >= 0.3 is 5.97 Å². The van der Waals surface area contributed by atoms with Gasteiger partial charge in [0.25, 0.3) is 0 Å². The van der Waals surface area contributed by atoms with E-state index in [1.165, 1.54) is 7.11 Å². The first-order valence-corrected chi connectivity index (χ1v) is 6.59. The number of hydrogen-bond donors (Lipinski definition) is 0. The normalized spacial score (nSPS) is 11.1. The second kappa shape index (κ2) is 6.90. The number of aliphatic imine (C=N–C) groups is 1. The molecular formula is C16H14ClNO3. The average molecular weight is 304 g/mol. The molecule has 21 heavy (non-hydrogen) atoms. The van der Waals surface area contributed by atoms with Gasteiger partial charge in [-0.15, -0.1) is 0 Å². The summed E-state index contributed by atoms with van der Waals surface area (Å²) < 4.78 is 9.87. The predicted octanol–water partition coefficient (Wildman–Crippen LogP) is 3.64. The third-order valence-electron chi connectivity index (χ3n) is 2.81. The van der Waals surface area contributed by atoms with Crippen LogP contribution >= 0.6 is 11.6 Å². The maximum Gasteiger partial charge on any atom is 0.357 e. The van der Waals surface area contributed by atoms with Crippen LogP contribution in [0.3, 0.4) is 0 Å². The molecule has 0 bridgehead atoms. The van der Waals surface area contributed by atoms with Crippen molar-refractivity contribution in [3.8, 4) is 5.75 Å². The number of carbonyl (C=O) groups excluding carboxylic acids is 1. The van der Waals surface area contributed by atoms with Crippen molar-refractivity contribution in [2.24, 2.45) is 4.99 Å². The Hall–Kier alpha value is -2.33. The number of esters is 1. The molecule has 0 saturated heterocycles. The van der Waals surface area contributed by atoms with Gasteiger partial charge in [-0.1, -0.05) is 23.7 Å². The minimum Gasteiger partial charge on any atom is -0.497 e. The molecule has 0 fully saturated rings. The third kappa shape index (κ3) is 3.83. The van der Waals surface area contributed by atoms with Gasteiger partial charge in [0.05, 0.1) is 19.9 Å². The van der Waals surface area contributed by atoms with Crippen molar-refractivity contribution in [3.63, 3.8) is 0 Å². The van der Waals surface area contributed by atoms with E-state index in [1.54, 1.807) is 55.6 Å². The van der Waals surface area contributed by atoms with Crippen molar-refractivity contribution in [1.82, 2.24) is 0 Å². The van der Waals surface area contributed by atoms with Gasteiger partial charge in [0.2, 0.25) is 0 Å². The average Bonchev–Trinajstić information content (AvgIpc) is 2.53. The van der Waals surface area contributed by atoms with Crippen LogP contribution < -0.4 is 4.74 Å². The lowest BCUT2D eigenvalue weighted by Crippen LogP contribution is -2.16. The van der Waals surface area contributed by atoms with E-state index in [1.807, 2.05) is 0 Å². The van der Waals surface area contributed by atoms with Crippen molar-refractivity contribution in [2.45, 2.75) is 0 Å². The Morgan fingerprint density at radius 2 is 1.62 bits per heavy atom. The molecule has 0 heterocycles. The molecule has 0 radical (unpaired) electrons. The zero-order chi connectivity index (χ0) is 15.2. The Labute approximate surface area is 128 Å². The summed E-state index contributed by atoms with van der Waals surface area (Å²) in [6, 6.07) is 13.9. The zero-order valence-corrected chi connectivity index (χ0v) is 12.4. The van der Waals surface area contributed by atoms with Gasteiger partial charge in [0, 0.05) is 10.6 Å². The Bertz CT molecular complexity index is 648. The zero-order valence-electron chi connectivity index (χ0n) is 11.7. The molecule has 0 aliphatic rings. The van der Waals surface area contributed by atoms with E-state index in [0.717, 1.165) is 5.75 Å². The highest BCUT2D eigenvalue weighted by Gasteiger charge is 2.14. The van der Waals surface area contributed by atoms with Gasteiger partial charge in [0.15, 0.2) is 5.71 Å². The predicted molar refractivity (Wildman–Crippen MR) is 82.7 cm³/mol. The number of ether oxygens (including phenoxy) is 2. The van der Waals surface area contributed by atoms with Crippen LogP contribution in [0, 0.1) is 0 Å². The first-order valence-electron chi connectivity index (χ1n) is 6.21. The Kier molecular flexibility index (Phi) is 4.95. The molecule has 2 aromatic rings. The third-order valence-corrected chi connectivity index (χ3v) is 3.06. The number of benzene rings is 2. The number of carbonyl (C=O) groups is 1. The lowest BCUT2D eigenvalue weighted by molar-refractivity contribution is -0.132. The molecule has 4 nitrogen and oxygen atoms in total. The molecule has 0 saturated carbocycles. The van der Waals surface area contributed by atoms with Crippen LogP contribution in [0.5, 0.6) is 5.75 Å². The van der Waals surface area contributed by atoms with E-state index in [2.05, 4.69) is 4.99 Å². The first kappa shape index (κ1) is 15.1. The van der Waals surface area contributed by atoms with Crippen LogP contribution in [0.2, 0.25) is 5.02 Å². The summed E-state index contributed by atoms with van der Waals surface area (Å²) in [4.78, 5) is 16.3. The fourth-order valence-corrected chi connectivity index (χ4v) is 1.84. The molecule has 0 N–H and O–H groups in total. The highest BCUT2D eigenvalue weighted by atomic mass is 35.5. The lowest BCUT2D eigenvalue weighted by Gasteiger charge is -2.06. The van der Waals surface area contributed by atoms with Crippen LogP contribution in [0.4, 0.5) is 5.69 Å².